The minimum atomic E-state index is -0.690. The van der Waals surface area contributed by atoms with Crippen LogP contribution in [0.3, 0.4) is 0 Å². The monoisotopic (exact) mass is 251 g/mol. The van der Waals surface area contributed by atoms with Crippen molar-refractivity contribution in [3.05, 3.63) is 18.0 Å². The number of aliphatic carboxylic acids is 1. The van der Waals surface area contributed by atoms with Gasteiger partial charge in [-0.2, -0.15) is 5.10 Å². The lowest BCUT2D eigenvalue weighted by Crippen LogP contribution is -2.34. The Balaban J connectivity index is 2.12. The van der Waals surface area contributed by atoms with E-state index in [9.17, 15) is 4.79 Å². The average Bonchev–Trinajstić information content (AvgIpc) is 2.78. The van der Waals surface area contributed by atoms with Gasteiger partial charge in [0, 0.05) is 17.8 Å². The second-order valence-corrected chi connectivity index (χ2v) is 5.96. The lowest BCUT2D eigenvalue weighted by Gasteiger charge is -2.27. The topological polar surface area (TPSA) is 67.2 Å². The Bertz CT molecular complexity index is 434. The first kappa shape index (κ1) is 13.1. The fourth-order valence-corrected chi connectivity index (χ4v) is 2.28. The maximum atomic E-state index is 11.0. The summed E-state index contributed by atoms with van der Waals surface area (Å²) in [4.78, 5) is 11.0. The van der Waals surface area contributed by atoms with Crippen molar-refractivity contribution in [1.82, 2.24) is 15.1 Å². The van der Waals surface area contributed by atoms with Gasteiger partial charge in [0.25, 0.3) is 0 Å². The second kappa shape index (κ2) is 4.72. The normalized spacial score (nSPS) is 25.1. The van der Waals surface area contributed by atoms with E-state index in [1.807, 2.05) is 17.1 Å². The van der Waals surface area contributed by atoms with E-state index in [0.717, 1.165) is 12.1 Å². The molecule has 1 aliphatic heterocycles. The van der Waals surface area contributed by atoms with Crippen LogP contribution < -0.4 is 5.32 Å². The van der Waals surface area contributed by atoms with Gasteiger partial charge in [-0.05, 0) is 40.2 Å². The summed E-state index contributed by atoms with van der Waals surface area (Å²) in [6.07, 6.45) is 5.21. The molecular formula is C13H21N3O2. The Hall–Kier alpha value is -1.36. The molecule has 2 rings (SSSR count). The summed E-state index contributed by atoms with van der Waals surface area (Å²) in [5, 5.41) is 16.8. The maximum absolute atomic E-state index is 11.0. The van der Waals surface area contributed by atoms with Crippen LogP contribution >= 0.6 is 0 Å². The molecule has 0 spiro atoms. The highest BCUT2D eigenvalue weighted by Gasteiger charge is 2.28. The predicted molar refractivity (Wildman–Crippen MR) is 68.3 cm³/mol. The molecule has 2 unspecified atom stereocenters. The molecular weight excluding hydrogens is 230 g/mol. The zero-order chi connectivity index (χ0) is 13.3. The number of nitrogens with zero attached hydrogens (tertiary/aromatic N) is 2. The van der Waals surface area contributed by atoms with Crippen LogP contribution in [0.25, 0.3) is 0 Å². The number of rotatable bonds is 2. The molecule has 1 aromatic rings. The molecule has 2 atom stereocenters. The van der Waals surface area contributed by atoms with E-state index in [4.69, 9.17) is 5.11 Å². The molecule has 0 bridgehead atoms. The van der Waals surface area contributed by atoms with Gasteiger partial charge in [-0.3, -0.25) is 9.48 Å². The van der Waals surface area contributed by atoms with Crippen LogP contribution in [0.1, 0.15) is 45.2 Å². The van der Waals surface area contributed by atoms with E-state index in [0.29, 0.717) is 12.8 Å². The first-order valence-electron chi connectivity index (χ1n) is 6.39. The molecule has 18 heavy (non-hydrogen) atoms. The molecule has 1 aromatic heterocycles. The molecule has 1 saturated heterocycles. The van der Waals surface area contributed by atoms with Crippen LogP contribution in [0.2, 0.25) is 0 Å². The molecule has 0 saturated carbocycles. The molecule has 0 aromatic carbocycles. The zero-order valence-corrected chi connectivity index (χ0v) is 11.2. The van der Waals surface area contributed by atoms with E-state index in [-0.39, 0.29) is 17.5 Å². The Labute approximate surface area is 107 Å². The fourth-order valence-electron chi connectivity index (χ4n) is 2.28. The van der Waals surface area contributed by atoms with E-state index in [2.05, 4.69) is 31.2 Å². The Morgan fingerprint density at radius 2 is 2.28 bits per heavy atom. The van der Waals surface area contributed by atoms with Gasteiger partial charge in [0.05, 0.1) is 17.7 Å². The molecule has 1 aliphatic rings. The van der Waals surface area contributed by atoms with Crippen LogP contribution in [0, 0.1) is 5.92 Å². The van der Waals surface area contributed by atoms with E-state index >= 15 is 0 Å². The van der Waals surface area contributed by atoms with Gasteiger partial charge in [-0.25, -0.2) is 0 Å². The Morgan fingerprint density at radius 3 is 2.83 bits per heavy atom. The van der Waals surface area contributed by atoms with Crippen molar-refractivity contribution >= 4 is 5.97 Å². The van der Waals surface area contributed by atoms with Gasteiger partial charge in [0.1, 0.15) is 0 Å². The second-order valence-electron chi connectivity index (χ2n) is 5.96. The van der Waals surface area contributed by atoms with Gasteiger partial charge in [0.2, 0.25) is 0 Å². The summed E-state index contributed by atoms with van der Waals surface area (Å²) in [5.41, 5.74) is 1.04. The highest BCUT2D eigenvalue weighted by Crippen LogP contribution is 2.28. The molecule has 0 aliphatic carbocycles. The van der Waals surface area contributed by atoms with Crippen molar-refractivity contribution in [2.24, 2.45) is 5.92 Å². The first-order chi connectivity index (χ1) is 8.38. The van der Waals surface area contributed by atoms with Crippen molar-refractivity contribution in [3.8, 4) is 0 Å². The summed E-state index contributed by atoms with van der Waals surface area (Å²) in [6.45, 7) is 7.04. The number of piperidine rings is 1. The van der Waals surface area contributed by atoms with Crippen molar-refractivity contribution in [3.63, 3.8) is 0 Å². The van der Waals surface area contributed by atoms with Gasteiger partial charge < -0.3 is 10.4 Å². The predicted octanol–water partition coefficient (Wildman–Crippen LogP) is 1.76. The van der Waals surface area contributed by atoms with Crippen molar-refractivity contribution in [2.75, 3.05) is 6.54 Å². The van der Waals surface area contributed by atoms with Crippen LogP contribution in [-0.2, 0) is 10.3 Å². The molecule has 5 nitrogen and oxygen atoms in total. The molecule has 100 valence electrons. The molecule has 2 N–H and O–H groups in total. The first-order valence-corrected chi connectivity index (χ1v) is 6.39. The fraction of sp³-hybridized carbons (Fsp3) is 0.692. The van der Waals surface area contributed by atoms with E-state index < -0.39 is 5.97 Å². The molecule has 1 fully saturated rings. The van der Waals surface area contributed by atoms with Crippen LogP contribution in [0.5, 0.6) is 0 Å². The molecule has 2 heterocycles. The number of nitrogens with one attached hydrogen (secondary N) is 1. The van der Waals surface area contributed by atoms with Crippen molar-refractivity contribution in [1.29, 1.82) is 0 Å². The summed E-state index contributed by atoms with van der Waals surface area (Å²) >= 11 is 0. The van der Waals surface area contributed by atoms with Crippen LogP contribution in [-0.4, -0.2) is 27.4 Å². The van der Waals surface area contributed by atoms with E-state index in [1.165, 1.54) is 0 Å². The lowest BCUT2D eigenvalue weighted by atomic mass is 9.90. The van der Waals surface area contributed by atoms with Gasteiger partial charge in [-0.15, -0.1) is 0 Å². The quantitative estimate of drug-likeness (QED) is 0.840. The molecule has 0 radical (unpaired) electrons. The van der Waals surface area contributed by atoms with Crippen LogP contribution in [0.4, 0.5) is 0 Å². The van der Waals surface area contributed by atoms with E-state index in [1.54, 1.807) is 0 Å². The summed E-state index contributed by atoms with van der Waals surface area (Å²) in [7, 11) is 0. The Morgan fingerprint density at radius 1 is 1.56 bits per heavy atom. The van der Waals surface area contributed by atoms with Gasteiger partial charge >= 0.3 is 5.97 Å². The number of carboxylic acid groups (broad SMARTS) is 1. The number of carboxylic acids is 1. The lowest BCUT2D eigenvalue weighted by molar-refractivity contribution is -0.143. The van der Waals surface area contributed by atoms with Crippen LogP contribution in [0.15, 0.2) is 12.4 Å². The molecule has 0 amide bonds. The minimum absolute atomic E-state index is 0.0425. The highest BCUT2D eigenvalue weighted by atomic mass is 16.4. The zero-order valence-electron chi connectivity index (χ0n) is 11.2. The number of carbonyl (C=O) groups is 1. The number of hydrogen-bond acceptors (Lipinski definition) is 3. The van der Waals surface area contributed by atoms with Crippen molar-refractivity contribution < 1.29 is 9.90 Å². The smallest absolute Gasteiger partial charge is 0.306 e. The summed E-state index contributed by atoms with van der Waals surface area (Å²) in [5.74, 6) is -0.932. The third-order valence-electron chi connectivity index (χ3n) is 3.45. The SMILES string of the molecule is CC(C)(C)n1cc(C2CC(C(=O)O)CCN2)cn1. The number of aromatic nitrogens is 2. The summed E-state index contributed by atoms with van der Waals surface area (Å²) in [6, 6.07) is 0.107. The van der Waals surface area contributed by atoms with Gasteiger partial charge in [0.15, 0.2) is 0 Å². The maximum Gasteiger partial charge on any atom is 0.306 e. The van der Waals surface area contributed by atoms with Crippen molar-refractivity contribution in [2.45, 2.75) is 45.2 Å². The largest absolute Gasteiger partial charge is 0.481 e. The minimum Gasteiger partial charge on any atom is -0.481 e. The number of hydrogen-bond donors (Lipinski definition) is 2. The van der Waals surface area contributed by atoms with Gasteiger partial charge in [-0.1, -0.05) is 0 Å². The standard InChI is InChI=1S/C13H21N3O2/c1-13(2,3)16-8-10(7-15-16)11-6-9(12(17)18)4-5-14-11/h7-9,11,14H,4-6H2,1-3H3,(H,17,18). The summed E-state index contributed by atoms with van der Waals surface area (Å²) < 4.78 is 1.92. The average molecular weight is 251 g/mol. The Kier molecular flexibility index (Phi) is 3.43. The third kappa shape index (κ3) is 2.72. The third-order valence-corrected chi connectivity index (χ3v) is 3.45. The molecule has 5 heteroatoms. The highest BCUT2D eigenvalue weighted by molar-refractivity contribution is 5.70.